The van der Waals surface area contributed by atoms with E-state index in [0.29, 0.717) is 38.6 Å². The van der Waals surface area contributed by atoms with Crippen LogP contribution in [0, 0.1) is 0 Å². The SMILES string of the molecule is COc1cc2c(=O)oc3cc(OC(=O)/C=C/c4ccccc4Cl)ccc3c2c(OC)c1OC. The molecule has 8 heteroatoms. The zero-order chi connectivity index (χ0) is 23.5. The standard InChI is InChI=1S/C25H19ClO7/c1-29-20-13-17-22(24(31-3)23(20)30-2)16-10-9-15(12-19(16)33-25(17)28)32-21(27)11-8-14-6-4-5-7-18(14)26/h4-13H,1-3H3/b11-8+. The Labute approximate surface area is 193 Å². The fourth-order valence-electron chi connectivity index (χ4n) is 3.51. The molecule has 33 heavy (non-hydrogen) atoms. The first kappa shape index (κ1) is 22.2. The fourth-order valence-corrected chi connectivity index (χ4v) is 3.71. The lowest BCUT2D eigenvalue weighted by molar-refractivity contribution is -0.128. The third-order valence-corrected chi connectivity index (χ3v) is 5.34. The summed E-state index contributed by atoms with van der Waals surface area (Å²) < 4.78 is 27.1. The van der Waals surface area contributed by atoms with E-state index in [1.165, 1.54) is 39.5 Å². The summed E-state index contributed by atoms with van der Waals surface area (Å²) in [7, 11) is 4.42. The lowest BCUT2D eigenvalue weighted by Crippen LogP contribution is -2.05. The highest BCUT2D eigenvalue weighted by molar-refractivity contribution is 6.32. The van der Waals surface area contributed by atoms with E-state index in [-0.39, 0.29) is 16.7 Å². The molecule has 0 aliphatic heterocycles. The van der Waals surface area contributed by atoms with Crippen LogP contribution in [0.25, 0.3) is 27.8 Å². The molecule has 0 fully saturated rings. The van der Waals surface area contributed by atoms with Gasteiger partial charge in [-0.1, -0.05) is 29.8 Å². The lowest BCUT2D eigenvalue weighted by Gasteiger charge is -2.15. The molecule has 0 unspecified atom stereocenters. The molecule has 0 saturated carbocycles. The first-order chi connectivity index (χ1) is 16.0. The van der Waals surface area contributed by atoms with Crippen LogP contribution in [-0.2, 0) is 4.79 Å². The summed E-state index contributed by atoms with van der Waals surface area (Å²) >= 11 is 6.09. The van der Waals surface area contributed by atoms with Gasteiger partial charge in [0, 0.05) is 27.9 Å². The minimum absolute atomic E-state index is 0.207. The summed E-state index contributed by atoms with van der Waals surface area (Å²) in [6.07, 6.45) is 2.83. The third kappa shape index (κ3) is 4.23. The van der Waals surface area contributed by atoms with E-state index in [1.54, 1.807) is 36.4 Å². The number of hydrogen-bond acceptors (Lipinski definition) is 7. The third-order valence-electron chi connectivity index (χ3n) is 5.00. The molecular weight excluding hydrogens is 448 g/mol. The Hall–Kier alpha value is -3.97. The van der Waals surface area contributed by atoms with Gasteiger partial charge in [0.15, 0.2) is 11.5 Å². The molecule has 0 radical (unpaired) electrons. The molecule has 0 bridgehead atoms. The zero-order valence-electron chi connectivity index (χ0n) is 18.0. The van der Waals surface area contributed by atoms with Crippen molar-refractivity contribution in [1.29, 1.82) is 0 Å². The molecule has 1 heterocycles. The van der Waals surface area contributed by atoms with Gasteiger partial charge < -0.3 is 23.4 Å². The van der Waals surface area contributed by atoms with Crippen LogP contribution in [0.4, 0.5) is 0 Å². The number of ether oxygens (including phenoxy) is 4. The number of carbonyl (C=O) groups is 1. The van der Waals surface area contributed by atoms with Gasteiger partial charge >= 0.3 is 11.6 Å². The van der Waals surface area contributed by atoms with Crippen molar-refractivity contribution in [1.82, 2.24) is 0 Å². The maximum atomic E-state index is 12.7. The molecule has 3 aromatic carbocycles. The predicted molar refractivity (Wildman–Crippen MR) is 126 cm³/mol. The number of esters is 1. The quantitative estimate of drug-likeness (QED) is 0.126. The van der Waals surface area contributed by atoms with Gasteiger partial charge in [-0.05, 0) is 35.9 Å². The van der Waals surface area contributed by atoms with Crippen LogP contribution in [0.3, 0.4) is 0 Å². The Morgan fingerprint density at radius 2 is 1.70 bits per heavy atom. The summed E-state index contributed by atoms with van der Waals surface area (Å²) in [6, 6.07) is 13.4. The van der Waals surface area contributed by atoms with Crippen LogP contribution in [0.1, 0.15) is 5.56 Å². The van der Waals surface area contributed by atoms with Crippen molar-refractivity contribution in [2.24, 2.45) is 0 Å². The average molecular weight is 467 g/mol. The van der Waals surface area contributed by atoms with Crippen molar-refractivity contribution in [2.45, 2.75) is 0 Å². The summed E-state index contributed by atoms with van der Waals surface area (Å²) in [6.45, 7) is 0. The minimum Gasteiger partial charge on any atom is -0.493 e. The number of fused-ring (bicyclic) bond motifs is 3. The van der Waals surface area contributed by atoms with Crippen LogP contribution >= 0.6 is 11.6 Å². The maximum absolute atomic E-state index is 12.7. The number of halogens is 1. The highest BCUT2D eigenvalue weighted by Gasteiger charge is 2.21. The van der Waals surface area contributed by atoms with Crippen LogP contribution in [0.5, 0.6) is 23.0 Å². The molecule has 1 aromatic heterocycles. The van der Waals surface area contributed by atoms with E-state index < -0.39 is 11.6 Å². The monoisotopic (exact) mass is 466 g/mol. The van der Waals surface area contributed by atoms with E-state index in [9.17, 15) is 9.59 Å². The summed E-state index contributed by atoms with van der Waals surface area (Å²) in [4.78, 5) is 25.0. The first-order valence-corrected chi connectivity index (χ1v) is 10.2. The molecule has 4 rings (SSSR count). The largest absolute Gasteiger partial charge is 0.493 e. The van der Waals surface area contributed by atoms with E-state index in [2.05, 4.69) is 0 Å². The van der Waals surface area contributed by atoms with Crippen molar-refractivity contribution >= 4 is 45.4 Å². The van der Waals surface area contributed by atoms with E-state index in [4.69, 9.17) is 35.0 Å². The summed E-state index contributed by atoms with van der Waals surface area (Å²) in [5.41, 5.74) is 0.306. The van der Waals surface area contributed by atoms with Crippen molar-refractivity contribution < 1.29 is 28.2 Å². The second-order valence-corrected chi connectivity index (χ2v) is 7.30. The fraction of sp³-hybridized carbons (Fsp3) is 0.120. The van der Waals surface area contributed by atoms with Gasteiger partial charge in [-0.25, -0.2) is 9.59 Å². The first-order valence-electron chi connectivity index (χ1n) is 9.80. The van der Waals surface area contributed by atoms with Crippen LogP contribution < -0.4 is 24.6 Å². The number of carbonyl (C=O) groups excluding carboxylic acids is 1. The highest BCUT2D eigenvalue weighted by atomic mass is 35.5. The van der Waals surface area contributed by atoms with E-state index in [0.717, 1.165) is 0 Å². The zero-order valence-corrected chi connectivity index (χ0v) is 18.8. The number of hydrogen-bond donors (Lipinski definition) is 0. The minimum atomic E-state index is -0.610. The van der Waals surface area contributed by atoms with Crippen molar-refractivity contribution in [3.05, 3.63) is 75.6 Å². The number of rotatable bonds is 6. The van der Waals surface area contributed by atoms with Gasteiger partial charge in [0.2, 0.25) is 5.75 Å². The van der Waals surface area contributed by atoms with Crippen molar-refractivity contribution in [3.8, 4) is 23.0 Å². The molecule has 0 N–H and O–H groups in total. The Morgan fingerprint density at radius 3 is 2.39 bits per heavy atom. The molecule has 0 amide bonds. The summed E-state index contributed by atoms with van der Waals surface area (Å²) in [5.74, 6) is 0.612. The Morgan fingerprint density at radius 1 is 0.939 bits per heavy atom. The maximum Gasteiger partial charge on any atom is 0.344 e. The Balaban J connectivity index is 1.75. The van der Waals surface area contributed by atoms with Crippen LogP contribution in [-0.4, -0.2) is 27.3 Å². The van der Waals surface area contributed by atoms with Gasteiger partial charge in [-0.2, -0.15) is 0 Å². The number of methoxy groups -OCH3 is 3. The average Bonchev–Trinajstić information content (AvgIpc) is 2.82. The van der Waals surface area contributed by atoms with Crippen LogP contribution in [0.15, 0.2) is 63.8 Å². The normalized spacial score (nSPS) is 11.2. The van der Waals surface area contributed by atoms with Crippen molar-refractivity contribution in [3.63, 3.8) is 0 Å². The van der Waals surface area contributed by atoms with Gasteiger partial charge in [-0.3, -0.25) is 0 Å². The molecule has 0 atom stereocenters. The lowest BCUT2D eigenvalue weighted by atomic mass is 10.0. The second kappa shape index (κ2) is 9.26. The van der Waals surface area contributed by atoms with Crippen molar-refractivity contribution in [2.75, 3.05) is 21.3 Å². The van der Waals surface area contributed by atoms with Gasteiger partial charge in [0.05, 0.1) is 26.7 Å². The molecule has 4 aromatic rings. The predicted octanol–water partition coefficient (Wildman–Crippen LogP) is 5.24. The molecule has 0 aliphatic carbocycles. The molecule has 7 nitrogen and oxygen atoms in total. The van der Waals surface area contributed by atoms with Gasteiger partial charge in [-0.15, -0.1) is 0 Å². The molecule has 0 spiro atoms. The van der Waals surface area contributed by atoms with E-state index in [1.807, 2.05) is 6.07 Å². The molecule has 0 saturated heterocycles. The van der Waals surface area contributed by atoms with Gasteiger partial charge in [0.1, 0.15) is 11.3 Å². The molecular formula is C25H19ClO7. The van der Waals surface area contributed by atoms with E-state index >= 15 is 0 Å². The summed E-state index contributed by atoms with van der Waals surface area (Å²) in [5, 5.41) is 1.86. The highest BCUT2D eigenvalue weighted by Crippen LogP contribution is 2.45. The Bertz CT molecular complexity index is 1450. The smallest absolute Gasteiger partial charge is 0.344 e. The van der Waals surface area contributed by atoms with Gasteiger partial charge in [0.25, 0.3) is 0 Å². The number of benzene rings is 3. The molecule has 0 aliphatic rings. The second-order valence-electron chi connectivity index (χ2n) is 6.89. The molecule has 168 valence electrons. The Kier molecular flexibility index (Phi) is 6.24. The topological polar surface area (TPSA) is 84.2 Å². The van der Waals surface area contributed by atoms with Crippen LogP contribution in [0.2, 0.25) is 5.02 Å².